The van der Waals surface area contributed by atoms with Crippen LogP contribution in [0, 0.1) is 0 Å². The summed E-state index contributed by atoms with van der Waals surface area (Å²) >= 11 is 0. The first-order valence-corrected chi connectivity index (χ1v) is 7.17. The van der Waals surface area contributed by atoms with Crippen molar-refractivity contribution in [3.63, 3.8) is 0 Å². The molecule has 3 heterocycles. The molecule has 3 aromatic heterocycles. The fraction of sp³-hybridized carbons (Fsp3) is 0.143. The summed E-state index contributed by atoms with van der Waals surface area (Å²) in [6, 6.07) is 3.10. The molecule has 0 aromatic carbocycles. The molecule has 7 N–H and O–H groups in total. The van der Waals surface area contributed by atoms with E-state index in [-0.39, 0.29) is 23.0 Å². The van der Waals surface area contributed by atoms with E-state index in [1.165, 1.54) is 24.3 Å². The molecule has 0 aliphatic rings. The largest absolute Gasteiger partial charge is 0.419 e. The van der Waals surface area contributed by atoms with E-state index in [9.17, 15) is 13.2 Å². The summed E-state index contributed by atoms with van der Waals surface area (Å²) in [5.41, 5.74) is 4.98. The van der Waals surface area contributed by atoms with Crippen molar-refractivity contribution in [1.29, 1.82) is 0 Å². The number of halogens is 3. The number of aromatic nitrogens is 4. The lowest BCUT2D eigenvalue weighted by atomic mass is 10.1. The van der Waals surface area contributed by atoms with E-state index >= 15 is 0 Å². The van der Waals surface area contributed by atoms with Crippen LogP contribution in [0.15, 0.2) is 29.6 Å². The minimum absolute atomic E-state index is 0.188. The molecule has 12 heteroatoms. The van der Waals surface area contributed by atoms with Crippen molar-refractivity contribution in [2.75, 3.05) is 12.8 Å². The predicted octanol–water partition coefficient (Wildman–Crippen LogP) is 1.05. The normalized spacial score (nSPS) is 12.6. The summed E-state index contributed by atoms with van der Waals surface area (Å²) in [5.74, 6) is 10.8. The van der Waals surface area contributed by atoms with Crippen molar-refractivity contribution in [2.24, 2.45) is 16.8 Å². The molecular weight excluding hydrogens is 351 g/mol. The molecule has 0 amide bonds. The first kappa shape index (κ1) is 17.4. The van der Waals surface area contributed by atoms with Crippen molar-refractivity contribution < 1.29 is 13.2 Å². The van der Waals surface area contributed by atoms with Gasteiger partial charge < -0.3 is 16.6 Å². The number of nitrogen functional groups attached to an aromatic ring is 1. The molecule has 0 saturated carbocycles. The highest BCUT2D eigenvalue weighted by Crippen LogP contribution is 2.38. The average molecular weight is 365 g/mol. The maximum Gasteiger partial charge on any atom is 0.419 e. The number of aromatic amines is 1. The van der Waals surface area contributed by atoms with E-state index in [1.807, 2.05) is 0 Å². The van der Waals surface area contributed by atoms with Gasteiger partial charge in [0.1, 0.15) is 16.9 Å². The minimum Gasteiger partial charge on any atom is -0.368 e. The second kappa shape index (κ2) is 6.15. The summed E-state index contributed by atoms with van der Waals surface area (Å²) in [5, 5.41) is 5.12. The molecule has 0 aliphatic carbocycles. The van der Waals surface area contributed by atoms with E-state index in [1.54, 1.807) is 6.07 Å². The van der Waals surface area contributed by atoms with Gasteiger partial charge in [0.05, 0.1) is 5.69 Å². The molecule has 136 valence electrons. The quantitative estimate of drug-likeness (QED) is 0.229. The molecular formula is C14H14F3N9. The summed E-state index contributed by atoms with van der Waals surface area (Å²) in [6.45, 7) is 0. The van der Waals surface area contributed by atoms with E-state index in [0.29, 0.717) is 22.9 Å². The lowest BCUT2D eigenvalue weighted by molar-refractivity contribution is -0.137. The zero-order chi connectivity index (χ0) is 19.1. The zero-order valence-electron chi connectivity index (χ0n) is 13.4. The monoisotopic (exact) mass is 365 g/mol. The Kier molecular flexibility index (Phi) is 4.12. The molecule has 0 bridgehead atoms. The Balaban J connectivity index is 2.19. The number of hydrogen-bond acceptors (Lipinski definition) is 7. The van der Waals surface area contributed by atoms with Gasteiger partial charge in [-0.2, -0.15) is 18.3 Å². The van der Waals surface area contributed by atoms with E-state index in [0.717, 1.165) is 0 Å². The van der Waals surface area contributed by atoms with Crippen LogP contribution < -0.4 is 17.4 Å². The molecule has 0 radical (unpaired) electrons. The first-order valence-electron chi connectivity index (χ1n) is 7.17. The minimum atomic E-state index is -4.64. The molecule has 3 rings (SSSR count). The fourth-order valence-electron chi connectivity index (χ4n) is 2.47. The Bertz CT molecular complexity index is 991. The molecule has 0 saturated heterocycles. The van der Waals surface area contributed by atoms with Crippen molar-refractivity contribution in [3.05, 3.63) is 35.8 Å². The Morgan fingerprint density at radius 3 is 2.62 bits per heavy atom. The van der Waals surface area contributed by atoms with Gasteiger partial charge in [0.2, 0.25) is 5.95 Å². The number of rotatable bonds is 2. The number of hydrogen-bond donors (Lipinski definition) is 4. The van der Waals surface area contributed by atoms with Gasteiger partial charge in [-0.15, -0.1) is 0 Å². The van der Waals surface area contributed by atoms with Crippen LogP contribution in [0.2, 0.25) is 0 Å². The maximum absolute atomic E-state index is 13.3. The lowest BCUT2D eigenvalue weighted by Gasteiger charge is -2.13. The van der Waals surface area contributed by atoms with Gasteiger partial charge in [0.15, 0.2) is 5.84 Å². The number of anilines is 1. The smallest absolute Gasteiger partial charge is 0.368 e. The SMILES string of the molecule is CN(N)/C(=N\N)c1ccc2c(-c3nc(N)ncc3C(F)(F)F)c[nH]c2n1. The van der Waals surface area contributed by atoms with Crippen LogP contribution in [0.3, 0.4) is 0 Å². The van der Waals surface area contributed by atoms with Gasteiger partial charge in [-0.1, -0.05) is 0 Å². The predicted molar refractivity (Wildman–Crippen MR) is 89.2 cm³/mol. The van der Waals surface area contributed by atoms with Crippen LogP contribution in [-0.4, -0.2) is 37.8 Å². The molecule has 9 nitrogen and oxygen atoms in total. The van der Waals surface area contributed by atoms with E-state index < -0.39 is 11.7 Å². The number of H-pyrrole nitrogens is 1. The number of hydrazine groups is 1. The number of pyridine rings is 1. The molecule has 3 aromatic rings. The van der Waals surface area contributed by atoms with Gasteiger partial charge in [0.25, 0.3) is 0 Å². The van der Waals surface area contributed by atoms with Crippen LogP contribution in [-0.2, 0) is 6.18 Å². The maximum atomic E-state index is 13.3. The third kappa shape index (κ3) is 2.97. The number of fused-ring (bicyclic) bond motifs is 1. The molecule has 0 atom stereocenters. The second-order valence-corrected chi connectivity index (χ2v) is 5.35. The van der Waals surface area contributed by atoms with Crippen molar-refractivity contribution in [2.45, 2.75) is 6.18 Å². The van der Waals surface area contributed by atoms with E-state index in [4.69, 9.17) is 17.4 Å². The Morgan fingerprint density at radius 1 is 1.27 bits per heavy atom. The molecule has 0 unspecified atom stereocenters. The van der Waals surface area contributed by atoms with Gasteiger partial charge in [0, 0.05) is 30.4 Å². The number of nitrogens with two attached hydrogens (primary N) is 3. The van der Waals surface area contributed by atoms with Crippen molar-refractivity contribution in [3.8, 4) is 11.3 Å². The molecule has 26 heavy (non-hydrogen) atoms. The molecule has 0 fully saturated rings. The van der Waals surface area contributed by atoms with Gasteiger partial charge >= 0.3 is 6.18 Å². The molecule has 0 spiro atoms. The average Bonchev–Trinajstić information content (AvgIpc) is 2.97. The van der Waals surface area contributed by atoms with Crippen molar-refractivity contribution in [1.82, 2.24) is 24.9 Å². The summed E-state index contributed by atoms with van der Waals surface area (Å²) in [6.07, 6.45) is -2.62. The van der Waals surface area contributed by atoms with Crippen LogP contribution in [0.5, 0.6) is 0 Å². The van der Waals surface area contributed by atoms with Crippen molar-refractivity contribution >= 4 is 22.8 Å². The van der Waals surface area contributed by atoms with Crippen LogP contribution >= 0.6 is 0 Å². The van der Waals surface area contributed by atoms with Crippen LogP contribution in [0.4, 0.5) is 19.1 Å². The number of alkyl halides is 3. The standard InChI is InChI=1S/C14H14F3N9/c1-26(20)12(25-19)9-3-2-6-7(4-21-11(6)23-9)10-8(14(15,16)17)5-22-13(18)24-10/h2-5H,19-20H2,1H3,(H,21,23)(H2,18,22,24)/b25-12-. The Hall–Kier alpha value is -3.41. The first-order chi connectivity index (χ1) is 12.2. The topological polar surface area (TPSA) is 148 Å². The van der Waals surface area contributed by atoms with Crippen LogP contribution in [0.25, 0.3) is 22.3 Å². The van der Waals surface area contributed by atoms with E-state index in [2.05, 4.69) is 25.0 Å². The number of amidine groups is 1. The third-order valence-electron chi connectivity index (χ3n) is 3.59. The van der Waals surface area contributed by atoms with Crippen LogP contribution in [0.1, 0.15) is 11.3 Å². The zero-order valence-corrected chi connectivity index (χ0v) is 13.4. The van der Waals surface area contributed by atoms with Gasteiger partial charge in [-0.3, -0.25) is 5.01 Å². The molecule has 0 aliphatic heterocycles. The van der Waals surface area contributed by atoms with Gasteiger partial charge in [-0.05, 0) is 12.1 Å². The number of nitrogens with one attached hydrogen (secondary N) is 1. The highest BCUT2D eigenvalue weighted by atomic mass is 19.4. The number of hydrazone groups is 1. The summed E-state index contributed by atoms with van der Waals surface area (Å²) in [4.78, 5) is 14.3. The number of nitrogens with zero attached hydrogens (tertiary/aromatic N) is 5. The summed E-state index contributed by atoms with van der Waals surface area (Å²) < 4.78 is 39.8. The summed E-state index contributed by atoms with van der Waals surface area (Å²) in [7, 11) is 1.52. The fourth-order valence-corrected chi connectivity index (χ4v) is 2.47. The lowest BCUT2D eigenvalue weighted by Crippen LogP contribution is -2.35. The second-order valence-electron chi connectivity index (χ2n) is 5.35. The van der Waals surface area contributed by atoms with Gasteiger partial charge in [-0.25, -0.2) is 20.8 Å². The Morgan fingerprint density at radius 2 is 2.00 bits per heavy atom. The Labute approximate surface area is 144 Å². The highest BCUT2D eigenvalue weighted by Gasteiger charge is 2.36. The highest BCUT2D eigenvalue weighted by molar-refractivity contribution is 6.00. The third-order valence-corrected chi connectivity index (χ3v) is 3.59.